The van der Waals surface area contributed by atoms with E-state index < -0.39 is 13.4 Å². The fraction of sp³-hybridized carbons (Fsp3) is 0.227. The van der Waals surface area contributed by atoms with Crippen molar-refractivity contribution >= 4 is 36.1 Å². The van der Waals surface area contributed by atoms with E-state index in [1.807, 2.05) is 72.8 Å². The lowest BCUT2D eigenvalue weighted by molar-refractivity contribution is -0.117. The Morgan fingerprint density at radius 2 is 1.50 bits per heavy atom. The summed E-state index contributed by atoms with van der Waals surface area (Å²) in [6.45, 7) is 4.12. The summed E-state index contributed by atoms with van der Waals surface area (Å²) >= 11 is 6.05. The van der Waals surface area contributed by atoms with Crippen molar-refractivity contribution in [3.8, 4) is 0 Å². The Balaban J connectivity index is 2.05. The highest BCUT2D eigenvalue weighted by atomic mass is 35.5. The number of ketones is 1. The van der Waals surface area contributed by atoms with Crippen LogP contribution in [0.15, 0.2) is 83.9 Å². The molecule has 0 heterocycles. The highest BCUT2D eigenvalue weighted by Gasteiger charge is 2.51. The Bertz CT molecular complexity index is 801. The Labute approximate surface area is 161 Å². The van der Waals surface area contributed by atoms with E-state index in [2.05, 4.69) is 13.8 Å². The second kappa shape index (κ2) is 7.35. The topological polar surface area (TPSA) is 37.3 Å². The maximum Gasteiger partial charge on any atom is 0.258 e. The molecule has 2 aromatic carbocycles. The molecule has 0 spiro atoms. The maximum absolute atomic E-state index is 12.5. The van der Waals surface area contributed by atoms with Crippen LogP contribution in [0.2, 0.25) is 5.04 Å². The Kier molecular flexibility index (Phi) is 5.33. The third kappa shape index (κ3) is 3.35. The van der Waals surface area contributed by atoms with Crippen LogP contribution in [0.25, 0.3) is 0 Å². The van der Waals surface area contributed by atoms with Gasteiger partial charge in [-0.1, -0.05) is 98.3 Å². The van der Waals surface area contributed by atoms with Crippen LogP contribution in [0.3, 0.4) is 0 Å². The monoisotopic (exact) mass is 382 g/mol. The van der Waals surface area contributed by atoms with Crippen LogP contribution in [0, 0.1) is 5.92 Å². The largest absolute Gasteiger partial charge is 0.424 e. The van der Waals surface area contributed by atoms with Crippen molar-refractivity contribution in [2.45, 2.75) is 25.3 Å². The normalized spacial score (nSPS) is 17.9. The minimum absolute atomic E-state index is 0.0697. The summed E-state index contributed by atoms with van der Waals surface area (Å²) in [4.78, 5) is 24.6. The summed E-state index contributed by atoms with van der Waals surface area (Å²) < 4.78 is 0. The average Bonchev–Trinajstić information content (AvgIpc) is 2.66. The number of halogens is 1. The third-order valence-electron chi connectivity index (χ3n) is 5.25. The Hall–Kier alpha value is -1.94. The van der Waals surface area contributed by atoms with Gasteiger partial charge in [-0.15, -0.1) is 0 Å². The van der Waals surface area contributed by atoms with E-state index in [0.717, 1.165) is 10.4 Å². The Morgan fingerprint density at radius 1 is 1.00 bits per heavy atom. The van der Waals surface area contributed by atoms with Gasteiger partial charge >= 0.3 is 0 Å². The van der Waals surface area contributed by atoms with Gasteiger partial charge in [0, 0.05) is 5.92 Å². The molecule has 0 unspecified atom stereocenters. The molecule has 2 aromatic rings. The molecule has 0 amide bonds. The van der Waals surface area contributed by atoms with E-state index in [0.29, 0.717) is 6.42 Å². The summed E-state index contributed by atoms with van der Waals surface area (Å²) in [7, 11) is -3.11. The highest BCUT2D eigenvalue weighted by Crippen LogP contribution is 2.43. The highest BCUT2D eigenvalue weighted by molar-refractivity contribution is 6.98. The second-order valence-electron chi connectivity index (χ2n) is 7.40. The van der Waals surface area contributed by atoms with Gasteiger partial charge in [0.15, 0.2) is 5.78 Å². The van der Waals surface area contributed by atoms with E-state index >= 15 is 0 Å². The summed E-state index contributed by atoms with van der Waals surface area (Å²) in [6.07, 6.45) is 5.89. The molecule has 0 saturated carbocycles. The second-order valence-corrected chi connectivity index (χ2v) is 11.7. The van der Waals surface area contributed by atoms with Gasteiger partial charge in [0.2, 0.25) is 0 Å². The molecule has 0 aliphatic heterocycles. The fourth-order valence-electron chi connectivity index (χ4n) is 3.79. The van der Waals surface area contributed by atoms with E-state index in [1.165, 1.54) is 0 Å². The van der Waals surface area contributed by atoms with Crippen LogP contribution in [-0.2, 0) is 4.79 Å². The predicted molar refractivity (Wildman–Crippen MR) is 110 cm³/mol. The zero-order chi connectivity index (χ0) is 18.8. The van der Waals surface area contributed by atoms with Crippen LogP contribution < -0.4 is 10.4 Å². The lowest BCUT2D eigenvalue weighted by Crippen LogP contribution is -2.65. The molecule has 0 fully saturated rings. The quantitative estimate of drug-likeness (QED) is 0.799. The van der Waals surface area contributed by atoms with Gasteiger partial charge in [0.05, 0.1) is 5.03 Å². The van der Waals surface area contributed by atoms with Crippen LogP contribution in [0.5, 0.6) is 0 Å². The van der Waals surface area contributed by atoms with Crippen LogP contribution in [-0.4, -0.2) is 18.9 Å². The molecular formula is C22H23ClO2Si. The molecule has 0 bridgehead atoms. The molecule has 4 heteroatoms. The minimum atomic E-state index is -3.11. The van der Waals surface area contributed by atoms with Gasteiger partial charge in [0.1, 0.15) is 0 Å². The molecule has 0 aromatic heterocycles. The zero-order valence-corrected chi connectivity index (χ0v) is 16.8. The lowest BCUT2D eigenvalue weighted by atomic mass is 9.89. The van der Waals surface area contributed by atoms with Gasteiger partial charge in [-0.3, -0.25) is 4.79 Å². The fourth-order valence-corrected chi connectivity index (χ4v) is 7.76. The van der Waals surface area contributed by atoms with Crippen LogP contribution in [0.1, 0.15) is 20.3 Å². The van der Waals surface area contributed by atoms with Gasteiger partial charge < -0.3 is 4.80 Å². The third-order valence-corrected chi connectivity index (χ3v) is 10.1. The van der Waals surface area contributed by atoms with Gasteiger partial charge in [0.25, 0.3) is 8.32 Å². The molecule has 1 atom stereocenters. The molecule has 134 valence electrons. The summed E-state index contributed by atoms with van der Waals surface area (Å²) in [5.41, 5.74) is 0. The molecule has 0 radical (unpaired) electrons. The van der Waals surface area contributed by atoms with Crippen LogP contribution in [0.4, 0.5) is 0 Å². The molecule has 0 saturated heterocycles. The van der Waals surface area contributed by atoms with E-state index in [9.17, 15) is 9.59 Å². The smallest absolute Gasteiger partial charge is 0.258 e. The molecule has 1 N–H and O–H groups in total. The number of carbonyl (C=O) groups excluding carboxylic acids is 1. The molecule has 2 nitrogen and oxygen atoms in total. The van der Waals surface area contributed by atoms with Crippen molar-refractivity contribution in [2.75, 3.05) is 0 Å². The van der Waals surface area contributed by atoms with Crippen molar-refractivity contribution in [3.63, 3.8) is 0 Å². The molecular weight excluding hydrogens is 360 g/mol. The molecule has 26 heavy (non-hydrogen) atoms. The predicted octanol–water partition coefficient (Wildman–Crippen LogP) is 3.79. The Morgan fingerprint density at radius 3 is 2.00 bits per heavy atom. The van der Waals surface area contributed by atoms with Crippen molar-refractivity contribution in [1.29, 1.82) is 0 Å². The number of rotatable bonds is 5. The zero-order valence-electron chi connectivity index (χ0n) is 15.0. The number of hydrogen-bond donors (Lipinski definition) is 1. The van der Waals surface area contributed by atoms with Crippen molar-refractivity contribution in [2.24, 2.45) is 5.92 Å². The summed E-state index contributed by atoms with van der Waals surface area (Å²) in [5, 5.41) is 1.68. The van der Waals surface area contributed by atoms with Crippen molar-refractivity contribution < 1.29 is 9.59 Å². The SMILES string of the molecule is CC(C)(C[C@H]1C=CC=C(Cl)C1=O)[Si](O)(c1ccccc1)c1ccccc1. The standard InChI is InChI=1S/C22H23ClO2Si/c1-22(2,16-17-10-9-15-20(23)21(17)24)26(25,18-11-5-3-6-12-18)19-13-7-4-8-14-19/h3-15,17,25H,16H2,1-2H3/t17-/m1/s1. The number of carbonyl (C=O) groups is 1. The van der Waals surface area contributed by atoms with Gasteiger partial charge in [-0.2, -0.15) is 0 Å². The molecule has 3 rings (SSSR count). The summed E-state index contributed by atoms with van der Waals surface area (Å²) in [6, 6.07) is 19.7. The minimum Gasteiger partial charge on any atom is -0.424 e. The number of hydrogen-bond acceptors (Lipinski definition) is 2. The lowest BCUT2D eigenvalue weighted by Gasteiger charge is -2.42. The first-order valence-corrected chi connectivity index (χ1v) is 11.1. The first kappa shape index (κ1) is 18.8. The van der Waals surface area contributed by atoms with E-state index in [4.69, 9.17) is 11.6 Å². The van der Waals surface area contributed by atoms with Gasteiger partial charge in [-0.05, 0) is 27.9 Å². The van der Waals surface area contributed by atoms with Crippen LogP contribution >= 0.6 is 11.6 Å². The summed E-state index contributed by atoms with van der Waals surface area (Å²) in [5.74, 6) is -0.381. The van der Waals surface area contributed by atoms with Gasteiger partial charge in [-0.25, -0.2) is 0 Å². The number of benzene rings is 2. The van der Waals surface area contributed by atoms with Crippen molar-refractivity contribution in [1.82, 2.24) is 0 Å². The molecule has 1 aliphatic carbocycles. The van der Waals surface area contributed by atoms with Crippen molar-refractivity contribution in [3.05, 3.63) is 83.9 Å². The first-order chi connectivity index (χ1) is 12.4. The van der Waals surface area contributed by atoms with E-state index in [1.54, 1.807) is 6.08 Å². The number of Topliss-reactive ketones (excluding diaryl/α,β-unsaturated/α-hetero) is 1. The average molecular weight is 383 g/mol. The maximum atomic E-state index is 12.5. The van der Waals surface area contributed by atoms with E-state index in [-0.39, 0.29) is 16.7 Å². The molecule has 1 aliphatic rings. The first-order valence-electron chi connectivity index (χ1n) is 8.78. The number of allylic oxidation sites excluding steroid dienone is 4.